The lowest BCUT2D eigenvalue weighted by molar-refractivity contribution is -0.133. The SMILES string of the molecule is CN(CC(C)(C)O)C(=O)CCOc1ccc(F)cc1. The van der Waals surface area contributed by atoms with Gasteiger partial charge in [0.05, 0.1) is 18.6 Å². The number of hydrogen-bond acceptors (Lipinski definition) is 3. The molecule has 0 bridgehead atoms. The summed E-state index contributed by atoms with van der Waals surface area (Å²) in [6, 6.07) is 5.63. The molecule has 0 aliphatic carbocycles. The highest BCUT2D eigenvalue weighted by atomic mass is 19.1. The zero-order valence-corrected chi connectivity index (χ0v) is 11.5. The number of amides is 1. The summed E-state index contributed by atoms with van der Waals surface area (Å²) in [6.07, 6.45) is 0.212. The molecule has 0 heterocycles. The van der Waals surface area contributed by atoms with Crippen LogP contribution in [0.15, 0.2) is 24.3 Å². The zero-order valence-electron chi connectivity index (χ0n) is 11.5. The molecule has 4 nitrogen and oxygen atoms in total. The number of aliphatic hydroxyl groups is 1. The number of likely N-dealkylation sites (N-methyl/N-ethyl adjacent to an activating group) is 1. The van der Waals surface area contributed by atoms with Crippen molar-refractivity contribution >= 4 is 5.91 Å². The van der Waals surface area contributed by atoms with Crippen molar-refractivity contribution in [1.82, 2.24) is 4.90 Å². The minimum absolute atomic E-state index is 0.107. The highest BCUT2D eigenvalue weighted by molar-refractivity contribution is 5.76. The van der Waals surface area contributed by atoms with E-state index in [0.29, 0.717) is 5.75 Å². The molecule has 1 rings (SSSR count). The molecule has 106 valence electrons. The maximum absolute atomic E-state index is 12.7. The summed E-state index contributed by atoms with van der Waals surface area (Å²) < 4.78 is 18.0. The summed E-state index contributed by atoms with van der Waals surface area (Å²) in [7, 11) is 1.64. The minimum atomic E-state index is -0.914. The standard InChI is InChI=1S/C14H20FNO3/c1-14(2,18)10-16(3)13(17)8-9-19-12-6-4-11(15)5-7-12/h4-7,18H,8-10H2,1-3H3. The lowest BCUT2D eigenvalue weighted by atomic mass is 10.1. The van der Waals surface area contributed by atoms with Gasteiger partial charge in [0.15, 0.2) is 0 Å². The molecule has 1 amide bonds. The maximum Gasteiger partial charge on any atom is 0.225 e. The van der Waals surface area contributed by atoms with Crippen LogP contribution in [0.3, 0.4) is 0 Å². The Morgan fingerprint density at radius 2 is 1.95 bits per heavy atom. The average molecular weight is 269 g/mol. The molecular formula is C14H20FNO3. The van der Waals surface area contributed by atoms with Crippen LogP contribution in [-0.2, 0) is 4.79 Å². The molecule has 0 spiro atoms. The van der Waals surface area contributed by atoms with E-state index in [-0.39, 0.29) is 31.3 Å². The molecule has 1 N–H and O–H groups in total. The Morgan fingerprint density at radius 3 is 2.47 bits per heavy atom. The van der Waals surface area contributed by atoms with Crippen LogP contribution in [0.4, 0.5) is 4.39 Å². The number of halogens is 1. The van der Waals surface area contributed by atoms with E-state index in [0.717, 1.165) is 0 Å². The molecular weight excluding hydrogens is 249 g/mol. The van der Waals surface area contributed by atoms with Gasteiger partial charge in [0, 0.05) is 13.6 Å². The number of carbonyl (C=O) groups excluding carboxylic acids is 1. The van der Waals surface area contributed by atoms with Crippen LogP contribution in [-0.4, -0.2) is 41.7 Å². The van der Waals surface area contributed by atoms with Crippen molar-refractivity contribution in [3.8, 4) is 5.75 Å². The number of carbonyl (C=O) groups is 1. The molecule has 1 aromatic rings. The van der Waals surface area contributed by atoms with Gasteiger partial charge in [-0.2, -0.15) is 0 Å². The van der Waals surface area contributed by atoms with E-state index in [1.165, 1.54) is 29.2 Å². The lowest BCUT2D eigenvalue weighted by Crippen LogP contribution is -2.40. The Morgan fingerprint density at radius 1 is 1.37 bits per heavy atom. The number of nitrogens with zero attached hydrogens (tertiary/aromatic N) is 1. The number of hydrogen-bond donors (Lipinski definition) is 1. The van der Waals surface area contributed by atoms with Gasteiger partial charge in [0.1, 0.15) is 11.6 Å². The molecule has 0 aliphatic rings. The first-order valence-corrected chi connectivity index (χ1v) is 6.13. The van der Waals surface area contributed by atoms with Gasteiger partial charge in [-0.3, -0.25) is 4.79 Å². The summed E-state index contributed by atoms with van der Waals surface area (Å²) >= 11 is 0. The Kier molecular flexibility index (Phi) is 5.30. The fourth-order valence-electron chi connectivity index (χ4n) is 1.65. The van der Waals surface area contributed by atoms with Crippen LogP contribution < -0.4 is 4.74 Å². The third-order valence-electron chi connectivity index (χ3n) is 2.45. The molecule has 0 aromatic heterocycles. The second-order valence-electron chi connectivity index (χ2n) is 5.11. The van der Waals surface area contributed by atoms with Crippen molar-refractivity contribution in [2.24, 2.45) is 0 Å². The molecule has 1 aromatic carbocycles. The first kappa shape index (κ1) is 15.4. The fraction of sp³-hybridized carbons (Fsp3) is 0.500. The molecule has 0 saturated heterocycles. The highest BCUT2D eigenvalue weighted by Gasteiger charge is 2.19. The van der Waals surface area contributed by atoms with Crippen LogP contribution in [0.25, 0.3) is 0 Å². The molecule has 0 saturated carbocycles. The molecule has 19 heavy (non-hydrogen) atoms. The number of benzene rings is 1. The van der Waals surface area contributed by atoms with Crippen LogP contribution in [0.2, 0.25) is 0 Å². The van der Waals surface area contributed by atoms with Crippen LogP contribution >= 0.6 is 0 Å². The van der Waals surface area contributed by atoms with Crippen molar-refractivity contribution in [1.29, 1.82) is 0 Å². The van der Waals surface area contributed by atoms with Crippen molar-refractivity contribution in [2.45, 2.75) is 25.9 Å². The predicted octanol–water partition coefficient (Wildman–Crippen LogP) is 1.82. The smallest absolute Gasteiger partial charge is 0.225 e. The lowest BCUT2D eigenvalue weighted by Gasteiger charge is -2.25. The summed E-state index contributed by atoms with van der Waals surface area (Å²) in [5.41, 5.74) is -0.914. The van der Waals surface area contributed by atoms with E-state index < -0.39 is 5.60 Å². The van der Waals surface area contributed by atoms with E-state index >= 15 is 0 Å². The monoisotopic (exact) mass is 269 g/mol. The fourth-order valence-corrected chi connectivity index (χ4v) is 1.65. The van der Waals surface area contributed by atoms with Crippen LogP contribution in [0.5, 0.6) is 5.75 Å². The highest BCUT2D eigenvalue weighted by Crippen LogP contribution is 2.11. The van der Waals surface area contributed by atoms with E-state index in [9.17, 15) is 14.3 Å². The van der Waals surface area contributed by atoms with Gasteiger partial charge in [-0.05, 0) is 38.1 Å². The number of rotatable bonds is 6. The topological polar surface area (TPSA) is 49.8 Å². The van der Waals surface area contributed by atoms with Gasteiger partial charge in [-0.1, -0.05) is 0 Å². The first-order valence-electron chi connectivity index (χ1n) is 6.13. The van der Waals surface area contributed by atoms with Crippen molar-refractivity contribution in [3.05, 3.63) is 30.1 Å². The van der Waals surface area contributed by atoms with E-state index in [1.54, 1.807) is 20.9 Å². The van der Waals surface area contributed by atoms with Gasteiger partial charge in [0.2, 0.25) is 5.91 Å². The summed E-state index contributed by atoms with van der Waals surface area (Å²) in [6.45, 7) is 3.78. The first-order chi connectivity index (χ1) is 8.78. The Labute approximate surface area is 112 Å². The molecule has 0 atom stereocenters. The van der Waals surface area contributed by atoms with Crippen LogP contribution in [0.1, 0.15) is 20.3 Å². The third kappa shape index (κ3) is 6.20. The second kappa shape index (κ2) is 6.52. The molecule has 0 unspecified atom stereocenters. The third-order valence-corrected chi connectivity index (χ3v) is 2.45. The van der Waals surface area contributed by atoms with Gasteiger partial charge in [-0.15, -0.1) is 0 Å². The minimum Gasteiger partial charge on any atom is -0.493 e. The quantitative estimate of drug-likeness (QED) is 0.857. The maximum atomic E-state index is 12.7. The second-order valence-corrected chi connectivity index (χ2v) is 5.11. The van der Waals surface area contributed by atoms with Gasteiger partial charge in [-0.25, -0.2) is 4.39 Å². The van der Waals surface area contributed by atoms with Crippen molar-refractivity contribution < 1.29 is 19.0 Å². The largest absolute Gasteiger partial charge is 0.493 e. The zero-order chi connectivity index (χ0) is 14.5. The van der Waals surface area contributed by atoms with Crippen LogP contribution in [0, 0.1) is 5.82 Å². The summed E-state index contributed by atoms with van der Waals surface area (Å²) in [4.78, 5) is 13.2. The van der Waals surface area contributed by atoms with E-state index in [2.05, 4.69) is 0 Å². The van der Waals surface area contributed by atoms with Crippen molar-refractivity contribution in [3.63, 3.8) is 0 Å². The van der Waals surface area contributed by atoms with Crippen molar-refractivity contribution in [2.75, 3.05) is 20.2 Å². The molecule has 0 aliphatic heterocycles. The molecule has 0 fully saturated rings. The Balaban J connectivity index is 2.32. The average Bonchev–Trinajstić information content (AvgIpc) is 2.29. The number of ether oxygens (including phenoxy) is 1. The molecule has 5 heteroatoms. The Hall–Kier alpha value is -1.62. The summed E-state index contributed by atoms with van der Waals surface area (Å²) in [5, 5.41) is 9.61. The van der Waals surface area contributed by atoms with Gasteiger partial charge >= 0.3 is 0 Å². The summed E-state index contributed by atoms with van der Waals surface area (Å²) in [5.74, 6) is 0.0944. The molecule has 0 radical (unpaired) electrons. The Bertz CT molecular complexity index is 412. The van der Waals surface area contributed by atoms with E-state index in [1.807, 2.05) is 0 Å². The normalized spacial score (nSPS) is 11.2. The van der Waals surface area contributed by atoms with Gasteiger partial charge in [0.25, 0.3) is 0 Å². The van der Waals surface area contributed by atoms with Gasteiger partial charge < -0.3 is 14.7 Å². The predicted molar refractivity (Wildman–Crippen MR) is 70.4 cm³/mol. The van der Waals surface area contributed by atoms with E-state index in [4.69, 9.17) is 4.74 Å².